The number of hydrogen-bond donors (Lipinski definition) is 0. The molecule has 0 N–H and O–H groups in total. The van der Waals surface area contributed by atoms with Crippen LogP contribution < -0.4 is 0 Å². The SMILES string of the molecule is CC1=C[C@@H]2C(=C3C=CC=C[C@H]13)C2(C)C. The second-order valence-corrected chi connectivity index (χ2v) is 5.20. The van der Waals surface area contributed by atoms with Gasteiger partial charge >= 0.3 is 0 Å². The summed E-state index contributed by atoms with van der Waals surface area (Å²) in [5.74, 6) is 1.30. The van der Waals surface area contributed by atoms with Crippen molar-refractivity contribution in [3.05, 3.63) is 47.1 Å². The van der Waals surface area contributed by atoms with Gasteiger partial charge in [-0.15, -0.1) is 0 Å². The third-order valence-corrected chi connectivity index (χ3v) is 3.96. The lowest BCUT2D eigenvalue weighted by molar-refractivity contribution is 0.625. The predicted molar refractivity (Wildman–Crippen MR) is 59.8 cm³/mol. The average molecular weight is 184 g/mol. The Bertz CT molecular complexity index is 413. The van der Waals surface area contributed by atoms with Crippen LogP contribution in [0.25, 0.3) is 0 Å². The first-order valence-electron chi connectivity index (χ1n) is 5.40. The van der Waals surface area contributed by atoms with Crippen LogP contribution in [-0.4, -0.2) is 0 Å². The van der Waals surface area contributed by atoms with Crippen LogP contribution in [0.2, 0.25) is 0 Å². The normalized spacial score (nSPS) is 36.4. The predicted octanol–water partition coefficient (Wildman–Crippen LogP) is 3.64. The topological polar surface area (TPSA) is 0 Å². The lowest BCUT2D eigenvalue weighted by Crippen LogP contribution is -2.07. The molecule has 2 atom stereocenters. The minimum atomic E-state index is 0.431. The number of allylic oxidation sites excluding steroid dienone is 8. The van der Waals surface area contributed by atoms with Gasteiger partial charge in [0.15, 0.2) is 0 Å². The molecule has 0 heterocycles. The van der Waals surface area contributed by atoms with Crippen molar-refractivity contribution in [1.29, 1.82) is 0 Å². The number of fused-ring (bicyclic) bond motifs is 2. The lowest BCUT2D eigenvalue weighted by Gasteiger charge is -2.20. The molecule has 1 saturated carbocycles. The van der Waals surface area contributed by atoms with E-state index in [1.807, 2.05) is 0 Å². The lowest BCUT2D eigenvalue weighted by atomic mass is 9.84. The first-order valence-corrected chi connectivity index (χ1v) is 5.40. The van der Waals surface area contributed by atoms with Gasteiger partial charge in [-0.05, 0) is 17.9 Å². The zero-order chi connectivity index (χ0) is 9.92. The molecule has 0 nitrogen and oxygen atoms in total. The van der Waals surface area contributed by atoms with Crippen LogP contribution >= 0.6 is 0 Å². The molecule has 3 aliphatic carbocycles. The van der Waals surface area contributed by atoms with Gasteiger partial charge in [-0.1, -0.05) is 55.4 Å². The zero-order valence-corrected chi connectivity index (χ0v) is 9.04. The molecule has 0 heteroatoms. The van der Waals surface area contributed by atoms with E-state index in [1.165, 1.54) is 5.57 Å². The first kappa shape index (κ1) is 8.28. The molecule has 0 aliphatic heterocycles. The Hall–Kier alpha value is -1.04. The average Bonchev–Trinajstić information content (AvgIpc) is 2.70. The highest BCUT2D eigenvalue weighted by atomic mass is 14.6. The third-order valence-electron chi connectivity index (χ3n) is 3.96. The minimum Gasteiger partial charge on any atom is -0.0766 e. The van der Waals surface area contributed by atoms with Crippen LogP contribution in [0.5, 0.6) is 0 Å². The highest BCUT2D eigenvalue weighted by molar-refractivity contribution is 5.57. The van der Waals surface area contributed by atoms with E-state index >= 15 is 0 Å². The monoisotopic (exact) mass is 184 g/mol. The maximum Gasteiger partial charge on any atom is 0.0228 e. The van der Waals surface area contributed by atoms with Crippen molar-refractivity contribution in [2.75, 3.05) is 0 Å². The van der Waals surface area contributed by atoms with Crippen molar-refractivity contribution < 1.29 is 0 Å². The van der Waals surface area contributed by atoms with Crippen molar-refractivity contribution in [1.82, 2.24) is 0 Å². The Morgan fingerprint density at radius 3 is 2.79 bits per heavy atom. The summed E-state index contributed by atoms with van der Waals surface area (Å²) in [5.41, 5.74) is 5.21. The highest BCUT2D eigenvalue weighted by Gasteiger charge is 2.54. The molecule has 3 rings (SSSR count). The maximum absolute atomic E-state index is 2.47. The summed E-state index contributed by atoms with van der Waals surface area (Å²) in [6.07, 6.45) is 11.4. The van der Waals surface area contributed by atoms with Crippen molar-refractivity contribution in [3.63, 3.8) is 0 Å². The fraction of sp³-hybridized carbons (Fsp3) is 0.429. The molecule has 72 valence electrons. The summed E-state index contributed by atoms with van der Waals surface area (Å²) >= 11 is 0. The summed E-state index contributed by atoms with van der Waals surface area (Å²) in [6, 6.07) is 0. The van der Waals surface area contributed by atoms with Crippen molar-refractivity contribution in [3.8, 4) is 0 Å². The van der Waals surface area contributed by atoms with Crippen LogP contribution in [0.4, 0.5) is 0 Å². The van der Waals surface area contributed by atoms with E-state index in [0.29, 0.717) is 11.3 Å². The molecule has 0 bridgehead atoms. The fourth-order valence-electron chi connectivity index (χ4n) is 2.99. The zero-order valence-electron chi connectivity index (χ0n) is 9.04. The van der Waals surface area contributed by atoms with Gasteiger partial charge in [-0.3, -0.25) is 0 Å². The molecule has 1 fully saturated rings. The standard InChI is InChI=1S/C14H16/c1-9-8-12-13(14(12,2)3)11-7-5-4-6-10(9)11/h4-8,10,12H,1-3H3/t10-,12-/m1/s1. The second kappa shape index (κ2) is 2.31. The van der Waals surface area contributed by atoms with Crippen molar-refractivity contribution in [2.45, 2.75) is 20.8 Å². The summed E-state index contributed by atoms with van der Waals surface area (Å²) < 4.78 is 0. The van der Waals surface area contributed by atoms with Gasteiger partial charge in [-0.25, -0.2) is 0 Å². The van der Waals surface area contributed by atoms with Gasteiger partial charge in [0.1, 0.15) is 0 Å². The number of hydrogen-bond acceptors (Lipinski definition) is 0. The molecule has 0 radical (unpaired) electrons. The van der Waals surface area contributed by atoms with Gasteiger partial charge in [0.2, 0.25) is 0 Å². The Balaban J connectivity index is 2.16. The van der Waals surface area contributed by atoms with E-state index < -0.39 is 0 Å². The van der Waals surface area contributed by atoms with Gasteiger partial charge in [-0.2, -0.15) is 0 Å². The van der Waals surface area contributed by atoms with E-state index in [0.717, 1.165) is 5.92 Å². The van der Waals surface area contributed by atoms with Crippen LogP contribution in [0.15, 0.2) is 47.1 Å². The van der Waals surface area contributed by atoms with Crippen LogP contribution in [-0.2, 0) is 0 Å². The highest BCUT2D eigenvalue weighted by Crippen LogP contribution is 2.64. The van der Waals surface area contributed by atoms with Crippen molar-refractivity contribution >= 4 is 0 Å². The Morgan fingerprint density at radius 1 is 1.21 bits per heavy atom. The van der Waals surface area contributed by atoms with Crippen LogP contribution in [0.1, 0.15) is 20.8 Å². The summed E-state index contributed by atoms with van der Waals surface area (Å²) in [5, 5.41) is 0. The van der Waals surface area contributed by atoms with Gasteiger partial charge < -0.3 is 0 Å². The Kier molecular flexibility index (Phi) is 1.36. The fourth-order valence-corrected chi connectivity index (χ4v) is 2.99. The molecule has 14 heavy (non-hydrogen) atoms. The first-order chi connectivity index (χ1) is 6.62. The Morgan fingerprint density at radius 2 is 2.00 bits per heavy atom. The van der Waals surface area contributed by atoms with E-state index in [4.69, 9.17) is 0 Å². The quantitative estimate of drug-likeness (QED) is 0.504. The molecule has 0 unspecified atom stereocenters. The summed E-state index contributed by atoms with van der Waals surface area (Å²) in [7, 11) is 0. The molecular weight excluding hydrogens is 168 g/mol. The molecule has 0 aromatic rings. The molecule has 0 aromatic carbocycles. The summed E-state index contributed by atoms with van der Waals surface area (Å²) in [6.45, 7) is 6.98. The number of rotatable bonds is 0. The van der Waals surface area contributed by atoms with Gasteiger partial charge in [0.25, 0.3) is 0 Å². The largest absolute Gasteiger partial charge is 0.0766 e. The van der Waals surface area contributed by atoms with Crippen LogP contribution in [0, 0.1) is 17.3 Å². The van der Waals surface area contributed by atoms with E-state index in [2.05, 4.69) is 51.2 Å². The van der Waals surface area contributed by atoms with Crippen molar-refractivity contribution in [2.24, 2.45) is 17.3 Å². The minimum absolute atomic E-state index is 0.431. The van der Waals surface area contributed by atoms with E-state index in [-0.39, 0.29) is 0 Å². The summed E-state index contributed by atoms with van der Waals surface area (Å²) in [4.78, 5) is 0. The van der Waals surface area contributed by atoms with Gasteiger partial charge in [0, 0.05) is 11.8 Å². The van der Waals surface area contributed by atoms with E-state index in [9.17, 15) is 0 Å². The molecular formula is C14H16. The molecule has 3 aliphatic rings. The molecule has 0 saturated heterocycles. The Labute approximate surface area is 85.7 Å². The van der Waals surface area contributed by atoms with Gasteiger partial charge in [0.05, 0.1) is 0 Å². The second-order valence-electron chi connectivity index (χ2n) is 5.20. The molecule has 0 aromatic heterocycles. The molecule has 0 amide bonds. The smallest absolute Gasteiger partial charge is 0.0228 e. The maximum atomic E-state index is 2.47. The molecule has 0 spiro atoms. The van der Waals surface area contributed by atoms with E-state index in [1.54, 1.807) is 11.1 Å². The third kappa shape index (κ3) is 0.841. The van der Waals surface area contributed by atoms with Crippen LogP contribution in [0.3, 0.4) is 0 Å².